The van der Waals surface area contributed by atoms with Crippen LogP contribution in [0.3, 0.4) is 0 Å². The van der Waals surface area contributed by atoms with Crippen molar-refractivity contribution < 1.29 is 45.7 Å². The van der Waals surface area contributed by atoms with E-state index in [9.17, 15) is 18.0 Å². The van der Waals surface area contributed by atoms with Gasteiger partial charge in [-0.3, -0.25) is 0 Å². The van der Waals surface area contributed by atoms with Gasteiger partial charge in [-0.05, 0) is 69.8 Å². The van der Waals surface area contributed by atoms with Gasteiger partial charge >= 0.3 is 11.6 Å². The maximum absolute atomic E-state index is 15.0. The van der Waals surface area contributed by atoms with E-state index in [1.807, 2.05) is 0 Å². The second-order valence-corrected chi connectivity index (χ2v) is 11.3. The van der Waals surface area contributed by atoms with Gasteiger partial charge in [-0.25, -0.2) is 9.18 Å². The van der Waals surface area contributed by atoms with E-state index in [4.69, 9.17) is 23.4 Å². The molecule has 1 aromatic heterocycles. The van der Waals surface area contributed by atoms with Crippen molar-refractivity contribution in [2.75, 3.05) is 26.3 Å². The van der Waals surface area contributed by atoms with Crippen molar-refractivity contribution in [1.82, 2.24) is 4.90 Å². The van der Waals surface area contributed by atoms with Crippen molar-refractivity contribution >= 4 is 28.8 Å². The average molecular weight is 574 g/mol. The molecule has 0 bridgehead atoms. The van der Waals surface area contributed by atoms with Gasteiger partial charge in [0.25, 0.3) is 0 Å². The molecule has 2 aromatic rings. The molecule has 2 aliphatic rings. The maximum atomic E-state index is 15.0. The number of thioether (sulfide) groups is 1. The van der Waals surface area contributed by atoms with Gasteiger partial charge in [-0.1, -0.05) is 12.0 Å². The number of piperidine rings is 1. The van der Waals surface area contributed by atoms with Gasteiger partial charge < -0.3 is 28.3 Å². The lowest BCUT2D eigenvalue weighted by Crippen LogP contribution is -2.50. The number of benzene rings is 1. The first kappa shape index (κ1) is 29.4. The van der Waals surface area contributed by atoms with Crippen molar-refractivity contribution in [3.63, 3.8) is 0 Å². The van der Waals surface area contributed by atoms with Gasteiger partial charge in [-0.15, -0.1) is 0 Å². The number of para-hydroxylation sites is 1. The Kier molecular flexibility index (Phi) is 9.24. The fraction of sp³-hybridized carbons (Fsp3) is 0.593. The molecule has 3 atom stereocenters. The van der Waals surface area contributed by atoms with E-state index in [1.54, 1.807) is 20.8 Å². The molecule has 0 aliphatic carbocycles. The topological polar surface area (TPSA) is 70.4 Å². The van der Waals surface area contributed by atoms with Gasteiger partial charge in [0.05, 0.1) is 11.4 Å². The van der Waals surface area contributed by atoms with Crippen molar-refractivity contribution in [1.29, 1.82) is 0 Å². The molecule has 4 rings (SSSR count). The fourth-order valence-corrected chi connectivity index (χ4v) is 4.92. The summed E-state index contributed by atoms with van der Waals surface area (Å²) in [5.41, 5.74) is -5.27. The molecule has 214 valence electrons. The molecular formula is C27H31F4NO6S. The number of hydrogen-bond acceptors (Lipinski definition) is 7. The lowest BCUT2D eigenvalue weighted by molar-refractivity contribution is -0.154. The highest BCUT2D eigenvalue weighted by atomic mass is 32.2. The van der Waals surface area contributed by atoms with E-state index >= 15 is 4.39 Å². The zero-order valence-corrected chi connectivity index (χ0v) is 22.8. The van der Waals surface area contributed by atoms with Crippen LogP contribution in [-0.4, -0.2) is 67.0 Å². The van der Waals surface area contributed by atoms with Gasteiger partial charge in [0.15, 0.2) is 29.6 Å². The molecule has 3 heterocycles. The predicted octanol–water partition coefficient (Wildman–Crippen LogP) is 6.67. The molecule has 0 radical (unpaired) electrons. The normalized spacial score (nSPS) is 22.3. The highest BCUT2D eigenvalue weighted by molar-refractivity contribution is 8.00. The van der Waals surface area contributed by atoms with Crippen molar-refractivity contribution in [2.24, 2.45) is 0 Å². The third-order valence-electron chi connectivity index (χ3n) is 5.94. The number of carbonyl (C=O) groups is 1. The largest absolute Gasteiger partial charge is 0.483 e. The molecule has 0 saturated carbocycles. The van der Waals surface area contributed by atoms with Crippen molar-refractivity contribution in [2.45, 2.75) is 81.0 Å². The number of rotatable bonds is 5. The third-order valence-corrected chi connectivity index (χ3v) is 6.79. The minimum Gasteiger partial charge on any atom is -0.483 e. The second kappa shape index (κ2) is 12.3. The zero-order valence-electron chi connectivity index (χ0n) is 21.9. The van der Waals surface area contributed by atoms with Crippen LogP contribution in [0.15, 0.2) is 27.5 Å². The molecule has 2 fully saturated rings. The van der Waals surface area contributed by atoms with Crippen LogP contribution in [-0.2, 0) is 14.2 Å². The smallest absolute Gasteiger partial charge is 0.446 e. The molecule has 0 spiro atoms. The number of ether oxygens (including phenoxy) is 4. The Bertz CT molecular complexity index is 1210. The number of nitrogens with zero attached hydrogens (tertiary/aromatic N) is 1. The van der Waals surface area contributed by atoms with Crippen LogP contribution in [0.2, 0.25) is 0 Å². The molecule has 7 nitrogen and oxygen atoms in total. The predicted molar refractivity (Wildman–Crippen MR) is 136 cm³/mol. The van der Waals surface area contributed by atoms with Gasteiger partial charge in [0, 0.05) is 25.0 Å². The first-order chi connectivity index (χ1) is 18.4. The number of amides is 1. The molecule has 1 unspecified atom stereocenters. The Labute approximate surface area is 228 Å². The molecular weight excluding hydrogens is 542 g/mol. The maximum Gasteiger partial charge on any atom is 0.446 e. The minimum atomic E-state index is -4.59. The van der Waals surface area contributed by atoms with Crippen LogP contribution in [0.1, 0.15) is 52.2 Å². The van der Waals surface area contributed by atoms with Crippen LogP contribution in [0.25, 0.3) is 11.0 Å². The minimum absolute atomic E-state index is 0.0341. The van der Waals surface area contributed by atoms with E-state index in [0.29, 0.717) is 6.61 Å². The van der Waals surface area contributed by atoms with E-state index in [2.05, 4.69) is 11.8 Å². The summed E-state index contributed by atoms with van der Waals surface area (Å²) in [4.78, 5) is 13.4. The van der Waals surface area contributed by atoms with Crippen molar-refractivity contribution in [3.05, 3.63) is 24.0 Å². The monoisotopic (exact) mass is 573 g/mol. The quantitative estimate of drug-likeness (QED) is 0.225. The first-order valence-corrected chi connectivity index (χ1v) is 13.5. The van der Waals surface area contributed by atoms with E-state index < -0.39 is 29.5 Å². The summed E-state index contributed by atoms with van der Waals surface area (Å²) in [5.74, 6) is 5.24. The number of halogens is 4. The van der Waals surface area contributed by atoms with Gasteiger partial charge in [0.2, 0.25) is 0 Å². The van der Waals surface area contributed by atoms with Crippen LogP contribution in [0.4, 0.5) is 22.4 Å². The lowest BCUT2D eigenvalue weighted by Gasteiger charge is -2.35. The second-order valence-electron chi connectivity index (χ2n) is 10.2. The number of likely N-dealkylation sites (tertiary alicyclic amines) is 1. The summed E-state index contributed by atoms with van der Waals surface area (Å²) in [6.45, 7) is 5.69. The van der Waals surface area contributed by atoms with Gasteiger partial charge in [0.1, 0.15) is 18.3 Å². The van der Waals surface area contributed by atoms with Gasteiger partial charge in [-0.2, -0.15) is 13.2 Å². The average Bonchev–Trinajstić information content (AvgIpc) is 3.19. The Morgan fingerprint density at radius 2 is 2.00 bits per heavy atom. The Balaban J connectivity index is 1.51. The number of fused-ring (bicyclic) bond motifs is 1. The molecule has 1 amide bonds. The molecule has 1 aromatic carbocycles. The number of carbonyl (C=O) groups excluding carboxylic acids is 1. The summed E-state index contributed by atoms with van der Waals surface area (Å²) in [6.07, 6.45) is -0.662. The number of hydrogen-bond donors (Lipinski definition) is 0. The van der Waals surface area contributed by atoms with Crippen molar-refractivity contribution in [3.8, 4) is 17.6 Å². The van der Waals surface area contributed by atoms with E-state index in [0.717, 1.165) is 19.3 Å². The summed E-state index contributed by atoms with van der Waals surface area (Å²) in [7, 11) is 0. The molecule has 2 aliphatic heterocycles. The fourth-order valence-electron chi connectivity index (χ4n) is 4.23. The highest BCUT2D eigenvalue weighted by Gasteiger charge is 2.37. The zero-order chi connectivity index (χ0) is 28.2. The molecule has 12 heteroatoms. The summed E-state index contributed by atoms with van der Waals surface area (Å²) >= 11 is -0.337. The van der Waals surface area contributed by atoms with Crippen LogP contribution >= 0.6 is 11.8 Å². The van der Waals surface area contributed by atoms with E-state index in [1.165, 1.54) is 23.1 Å². The summed E-state index contributed by atoms with van der Waals surface area (Å²) in [5, 5.41) is 0.150. The van der Waals surface area contributed by atoms with E-state index in [-0.39, 0.29) is 71.5 Å². The Hall–Kier alpha value is -2.62. The first-order valence-electron chi connectivity index (χ1n) is 12.7. The van der Waals surface area contributed by atoms with Crippen LogP contribution < -0.4 is 4.74 Å². The number of furan rings is 1. The SMILES string of the molecule is CC(C)(C)OC(=O)N1CC[C@@H](Oc2cccc3c(SC(F)(F)F)c(C#CCOC4CCCCO4)oc23)[C@@H](F)C1. The summed E-state index contributed by atoms with van der Waals surface area (Å²) in [6, 6.07) is 4.48. The molecule has 0 N–H and O–H groups in total. The van der Waals surface area contributed by atoms with Crippen LogP contribution in [0.5, 0.6) is 5.75 Å². The molecule has 2 saturated heterocycles. The number of alkyl halides is 4. The third kappa shape index (κ3) is 8.19. The summed E-state index contributed by atoms with van der Waals surface area (Å²) < 4.78 is 83.2. The Morgan fingerprint density at radius 1 is 1.21 bits per heavy atom. The molecule has 39 heavy (non-hydrogen) atoms. The Morgan fingerprint density at radius 3 is 2.67 bits per heavy atom. The lowest BCUT2D eigenvalue weighted by atomic mass is 10.1. The standard InChI is InChI=1S/C27H31F4NO6S/c1-26(2,3)38-25(33)32-13-12-19(18(28)16-32)36-20-9-6-8-17-23(20)37-21(24(17)39-27(29,30)31)10-7-15-35-22-11-4-5-14-34-22/h6,8-9,18-19,22H,4-5,11-16H2,1-3H3/t18-,19+,22?/m0/s1. The van der Waals surface area contributed by atoms with Crippen LogP contribution in [0, 0.1) is 11.8 Å². The highest BCUT2D eigenvalue weighted by Crippen LogP contribution is 2.45.